The Hall–Kier alpha value is -4.64. The minimum Gasteiger partial charge on any atom is -0.378 e. The lowest BCUT2D eigenvalue weighted by Gasteiger charge is -2.16. The summed E-state index contributed by atoms with van der Waals surface area (Å²) in [6.07, 6.45) is -3.12. The number of carbonyl (C=O) groups is 1. The molecule has 7 nitrogen and oxygen atoms in total. The van der Waals surface area contributed by atoms with Gasteiger partial charge in [0.1, 0.15) is 12.1 Å². The summed E-state index contributed by atoms with van der Waals surface area (Å²) in [6.45, 7) is 4.12. The number of pyridine rings is 1. The van der Waals surface area contributed by atoms with Crippen molar-refractivity contribution in [2.45, 2.75) is 35.7 Å². The molecule has 5 rings (SSSR count). The third-order valence-electron chi connectivity index (χ3n) is 6.63. The third-order valence-corrected chi connectivity index (χ3v) is 7.72. The molecule has 43 heavy (non-hydrogen) atoms. The van der Waals surface area contributed by atoms with E-state index in [4.69, 9.17) is 0 Å². The Morgan fingerprint density at radius 2 is 1.70 bits per heavy atom. The van der Waals surface area contributed by atoms with Crippen molar-refractivity contribution in [2.75, 3.05) is 29.6 Å². The van der Waals surface area contributed by atoms with Crippen molar-refractivity contribution in [3.63, 3.8) is 0 Å². The molecule has 0 atom stereocenters. The van der Waals surface area contributed by atoms with Crippen LogP contribution in [0, 0.1) is 0 Å². The summed E-state index contributed by atoms with van der Waals surface area (Å²) in [5.74, 6) is 0.100. The van der Waals surface area contributed by atoms with Crippen LogP contribution in [0.3, 0.4) is 0 Å². The molecule has 0 aliphatic heterocycles. The molecule has 0 saturated carbocycles. The fourth-order valence-electron chi connectivity index (χ4n) is 4.28. The Bertz CT molecular complexity index is 1770. The normalized spacial score (nSPS) is 11.5. The first kappa shape index (κ1) is 29.8. The molecular formula is C32H29F3N6OS. The van der Waals surface area contributed by atoms with E-state index in [0.717, 1.165) is 38.7 Å². The van der Waals surface area contributed by atoms with E-state index in [9.17, 15) is 18.0 Å². The van der Waals surface area contributed by atoms with Gasteiger partial charge in [-0.3, -0.25) is 4.79 Å². The average molecular weight is 603 g/mol. The van der Waals surface area contributed by atoms with Crippen LogP contribution in [0.5, 0.6) is 0 Å². The van der Waals surface area contributed by atoms with Gasteiger partial charge < -0.3 is 15.5 Å². The van der Waals surface area contributed by atoms with Crippen LogP contribution in [0.2, 0.25) is 0 Å². The Morgan fingerprint density at radius 1 is 0.930 bits per heavy atom. The number of hydrogen-bond donors (Lipinski definition) is 2. The molecule has 0 spiro atoms. The Morgan fingerprint density at radius 3 is 2.40 bits per heavy atom. The van der Waals surface area contributed by atoms with Crippen molar-refractivity contribution in [1.29, 1.82) is 0 Å². The summed E-state index contributed by atoms with van der Waals surface area (Å²) >= 11 is 1.52. The fourth-order valence-corrected chi connectivity index (χ4v) is 5.16. The van der Waals surface area contributed by atoms with Gasteiger partial charge in [-0.15, -0.1) is 0 Å². The highest BCUT2D eigenvalue weighted by Gasteiger charge is 2.31. The largest absolute Gasteiger partial charge is 0.416 e. The predicted molar refractivity (Wildman–Crippen MR) is 165 cm³/mol. The second kappa shape index (κ2) is 12.3. The first-order chi connectivity index (χ1) is 20.5. The highest BCUT2D eigenvalue weighted by Crippen LogP contribution is 2.38. The lowest BCUT2D eigenvalue weighted by atomic mass is 10.1. The summed E-state index contributed by atoms with van der Waals surface area (Å²) in [5, 5.41) is 6.82. The molecule has 0 radical (unpaired) electrons. The Labute approximate surface area is 251 Å². The van der Waals surface area contributed by atoms with Crippen LogP contribution in [0.15, 0.2) is 95.0 Å². The monoisotopic (exact) mass is 602 g/mol. The van der Waals surface area contributed by atoms with Crippen LogP contribution in [-0.4, -0.2) is 35.0 Å². The molecule has 11 heteroatoms. The van der Waals surface area contributed by atoms with Crippen LogP contribution < -0.4 is 15.5 Å². The molecule has 2 N–H and O–H groups in total. The smallest absolute Gasteiger partial charge is 0.378 e. The van der Waals surface area contributed by atoms with E-state index >= 15 is 0 Å². The minimum absolute atomic E-state index is 0.0995. The van der Waals surface area contributed by atoms with E-state index < -0.39 is 17.6 Å². The first-order valence-corrected chi connectivity index (χ1v) is 14.3. The number of hydrogen-bond acceptors (Lipinski definition) is 7. The van der Waals surface area contributed by atoms with Gasteiger partial charge in [-0.1, -0.05) is 31.7 Å². The number of aromatic nitrogens is 3. The number of halogens is 3. The molecule has 0 fully saturated rings. The first-order valence-electron chi connectivity index (χ1n) is 13.4. The van der Waals surface area contributed by atoms with Crippen LogP contribution in [0.1, 0.15) is 41.4 Å². The standard InChI is InChI=1S/C32H29F3N6OS/c1-19(2)26-14-13-25-29(39-26)36-18-37-30(25)40-27-17-22(38-31(42)20-6-5-7-21(16-20)32(33,34)35)8-15-28(27)43-24-11-9-23(10-12-24)41(3)4/h5-19H,1-4H3,(H,38,42)(H,36,37,39,40). The molecular weight excluding hydrogens is 573 g/mol. The summed E-state index contributed by atoms with van der Waals surface area (Å²) in [5.41, 5.74) is 2.57. The van der Waals surface area contributed by atoms with E-state index in [1.165, 1.54) is 30.2 Å². The minimum atomic E-state index is -4.55. The molecule has 0 aliphatic rings. The molecule has 0 unspecified atom stereocenters. The van der Waals surface area contributed by atoms with Gasteiger partial charge in [0.15, 0.2) is 5.65 Å². The van der Waals surface area contributed by atoms with Gasteiger partial charge >= 0.3 is 6.18 Å². The number of nitrogens with zero attached hydrogens (tertiary/aromatic N) is 4. The highest BCUT2D eigenvalue weighted by molar-refractivity contribution is 7.99. The van der Waals surface area contributed by atoms with Gasteiger partial charge in [0.2, 0.25) is 0 Å². The SMILES string of the molecule is CC(C)c1ccc2c(Nc3cc(NC(=O)c4cccc(C(F)(F)F)c4)ccc3Sc3ccc(N(C)C)cc3)ncnc2n1. The number of fused-ring (bicyclic) bond motifs is 1. The van der Waals surface area contributed by atoms with E-state index in [0.29, 0.717) is 22.8 Å². The average Bonchev–Trinajstić information content (AvgIpc) is 2.98. The molecule has 1 amide bonds. The van der Waals surface area contributed by atoms with Gasteiger partial charge in [0, 0.05) is 46.5 Å². The molecule has 3 aromatic carbocycles. The van der Waals surface area contributed by atoms with Crippen molar-refractivity contribution in [3.8, 4) is 0 Å². The second-order valence-electron chi connectivity index (χ2n) is 10.3. The predicted octanol–water partition coefficient (Wildman–Crippen LogP) is 8.38. The lowest BCUT2D eigenvalue weighted by Crippen LogP contribution is -2.14. The van der Waals surface area contributed by atoms with Crippen LogP contribution >= 0.6 is 11.8 Å². The Balaban J connectivity index is 1.49. The molecule has 2 heterocycles. The number of nitrogens with one attached hydrogen (secondary N) is 2. The number of anilines is 4. The topological polar surface area (TPSA) is 83.0 Å². The highest BCUT2D eigenvalue weighted by atomic mass is 32.2. The van der Waals surface area contributed by atoms with Crippen molar-refractivity contribution < 1.29 is 18.0 Å². The van der Waals surface area contributed by atoms with Crippen LogP contribution in [-0.2, 0) is 6.18 Å². The zero-order valence-electron chi connectivity index (χ0n) is 23.9. The van der Waals surface area contributed by atoms with Crippen LogP contribution in [0.4, 0.5) is 36.1 Å². The lowest BCUT2D eigenvalue weighted by molar-refractivity contribution is -0.137. The summed E-state index contributed by atoms with van der Waals surface area (Å²) in [7, 11) is 3.95. The number of rotatable bonds is 8. The number of benzene rings is 3. The molecule has 2 aromatic heterocycles. The van der Waals surface area contributed by atoms with Crippen molar-refractivity contribution in [3.05, 3.63) is 102 Å². The maximum absolute atomic E-state index is 13.2. The van der Waals surface area contributed by atoms with Gasteiger partial charge in [0.05, 0.1) is 16.6 Å². The number of amides is 1. The van der Waals surface area contributed by atoms with E-state index in [-0.39, 0.29) is 11.5 Å². The van der Waals surface area contributed by atoms with E-state index in [1.54, 1.807) is 12.1 Å². The van der Waals surface area contributed by atoms with Gasteiger partial charge in [-0.2, -0.15) is 13.2 Å². The van der Waals surface area contributed by atoms with Gasteiger partial charge in [0.25, 0.3) is 5.91 Å². The van der Waals surface area contributed by atoms with Crippen molar-refractivity contribution in [1.82, 2.24) is 15.0 Å². The van der Waals surface area contributed by atoms with E-state index in [1.807, 2.05) is 61.5 Å². The zero-order valence-corrected chi connectivity index (χ0v) is 24.7. The van der Waals surface area contributed by atoms with Crippen molar-refractivity contribution in [2.24, 2.45) is 0 Å². The molecule has 220 valence electrons. The molecule has 0 saturated heterocycles. The molecule has 0 bridgehead atoms. The third kappa shape index (κ3) is 7.06. The van der Waals surface area contributed by atoms with E-state index in [2.05, 4.69) is 39.4 Å². The molecule has 0 aliphatic carbocycles. The summed E-state index contributed by atoms with van der Waals surface area (Å²) in [4.78, 5) is 30.3. The second-order valence-corrected chi connectivity index (χ2v) is 11.5. The fraction of sp³-hybridized carbons (Fsp3) is 0.188. The maximum Gasteiger partial charge on any atom is 0.416 e. The molecule has 5 aromatic rings. The van der Waals surface area contributed by atoms with Gasteiger partial charge in [-0.25, -0.2) is 15.0 Å². The van der Waals surface area contributed by atoms with Crippen molar-refractivity contribution >= 4 is 51.6 Å². The van der Waals surface area contributed by atoms with Crippen LogP contribution in [0.25, 0.3) is 11.0 Å². The summed E-state index contributed by atoms with van der Waals surface area (Å²) < 4.78 is 39.6. The summed E-state index contributed by atoms with van der Waals surface area (Å²) in [6, 6.07) is 21.5. The van der Waals surface area contributed by atoms with Gasteiger partial charge in [-0.05, 0) is 78.7 Å². The number of carbonyl (C=O) groups excluding carboxylic acids is 1. The zero-order chi connectivity index (χ0) is 30.7. The Kier molecular flexibility index (Phi) is 8.54. The number of alkyl halides is 3. The quantitative estimate of drug-likeness (QED) is 0.185. The maximum atomic E-state index is 13.2.